The van der Waals surface area contributed by atoms with Gasteiger partial charge in [-0.25, -0.2) is 4.39 Å². The molecule has 0 saturated carbocycles. The summed E-state index contributed by atoms with van der Waals surface area (Å²) in [6, 6.07) is 4.99. The molecule has 0 saturated heterocycles. The van der Waals surface area contributed by atoms with E-state index in [0.29, 0.717) is 0 Å². The van der Waals surface area contributed by atoms with Gasteiger partial charge in [-0.15, -0.1) is 0 Å². The van der Waals surface area contributed by atoms with Crippen LogP contribution in [0.4, 0.5) is 10.1 Å². The molecule has 1 unspecified atom stereocenters. The molecule has 0 spiro atoms. The highest BCUT2D eigenvalue weighted by Crippen LogP contribution is 2.30. The summed E-state index contributed by atoms with van der Waals surface area (Å²) in [5.74, 6) is -0.495. The normalized spacial score (nSPS) is 18.8. The van der Waals surface area contributed by atoms with E-state index < -0.39 is 0 Å². The van der Waals surface area contributed by atoms with E-state index in [4.69, 9.17) is 0 Å². The van der Waals surface area contributed by atoms with Crippen molar-refractivity contribution in [2.75, 3.05) is 18.6 Å². The van der Waals surface area contributed by atoms with Gasteiger partial charge in [0.05, 0.1) is 7.11 Å². The van der Waals surface area contributed by atoms with Crippen LogP contribution in [0.5, 0.6) is 0 Å². The van der Waals surface area contributed by atoms with E-state index in [9.17, 15) is 9.18 Å². The van der Waals surface area contributed by atoms with Crippen molar-refractivity contribution >= 4 is 11.7 Å². The molecule has 1 aromatic carbocycles. The zero-order valence-corrected chi connectivity index (χ0v) is 10.1. The molecule has 2 rings (SSSR count). The molecule has 3 nitrogen and oxygen atoms in total. The minimum atomic E-state index is -0.269. The number of halogens is 1. The third-order valence-corrected chi connectivity index (χ3v) is 3.24. The van der Waals surface area contributed by atoms with Crippen molar-refractivity contribution in [3.05, 3.63) is 29.6 Å². The summed E-state index contributed by atoms with van der Waals surface area (Å²) in [5.41, 5.74) is 1.91. The van der Waals surface area contributed by atoms with Gasteiger partial charge in [0.2, 0.25) is 0 Å². The van der Waals surface area contributed by atoms with Gasteiger partial charge in [0.15, 0.2) is 0 Å². The van der Waals surface area contributed by atoms with Gasteiger partial charge in [-0.3, -0.25) is 4.79 Å². The molecule has 0 aliphatic carbocycles. The van der Waals surface area contributed by atoms with Crippen LogP contribution in [0.2, 0.25) is 0 Å². The summed E-state index contributed by atoms with van der Waals surface area (Å²) in [5, 5.41) is 0. The average molecular weight is 237 g/mol. The molecule has 1 atom stereocenters. The van der Waals surface area contributed by atoms with Crippen LogP contribution in [0.1, 0.15) is 18.9 Å². The van der Waals surface area contributed by atoms with Gasteiger partial charge in [-0.1, -0.05) is 0 Å². The van der Waals surface area contributed by atoms with Crippen molar-refractivity contribution in [3.8, 4) is 0 Å². The van der Waals surface area contributed by atoms with Crippen molar-refractivity contribution in [1.82, 2.24) is 0 Å². The fourth-order valence-corrected chi connectivity index (χ4v) is 2.24. The van der Waals surface area contributed by atoms with E-state index in [-0.39, 0.29) is 24.4 Å². The molecular formula is C13H16FNO2. The van der Waals surface area contributed by atoms with Crippen molar-refractivity contribution in [2.24, 2.45) is 0 Å². The van der Waals surface area contributed by atoms with Crippen molar-refractivity contribution in [3.63, 3.8) is 0 Å². The number of benzene rings is 1. The van der Waals surface area contributed by atoms with E-state index in [2.05, 4.69) is 11.7 Å². The Morgan fingerprint density at radius 1 is 1.59 bits per heavy atom. The Morgan fingerprint density at radius 3 is 3.06 bits per heavy atom. The fraction of sp³-hybridized carbons (Fsp3) is 0.462. The number of hydrogen-bond acceptors (Lipinski definition) is 3. The Bertz CT molecular complexity index is 433. The highest BCUT2D eigenvalue weighted by atomic mass is 19.1. The monoisotopic (exact) mass is 237 g/mol. The van der Waals surface area contributed by atoms with Crippen LogP contribution in [0.25, 0.3) is 0 Å². The Hall–Kier alpha value is -1.58. The number of carbonyl (C=O) groups excluding carboxylic acids is 1. The van der Waals surface area contributed by atoms with Crippen LogP contribution in [0.15, 0.2) is 18.2 Å². The zero-order chi connectivity index (χ0) is 12.4. The van der Waals surface area contributed by atoms with E-state index in [1.165, 1.54) is 13.2 Å². The molecule has 92 valence electrons. The standard InChI is InChI=1S/C13H16FNO2/c1-9-3-4-10-7-11(14)5-6-12(10)15(9)8-13(16)17-2/h5-7,9H,3-4,8H2,1-2H3. The maximum Gasteiger partial charge on any atom is 0.325 e. The molecule has 0 amide bonds. The second-order valence-corrected chi connectivity index (χ2v) is 4.36. The predicted octanol–water partition coefficient (Wildman–Crippen LogP) is 2.14. The molecule has 1 aliphatic rings. The lowest BCUT2D eigenvalue weighted by Gasteiger charge is -2.36. The van der Waals surface area contributed by atoms with E-state index in [0.717, 1.165) is 24.1 Å². The summed E-state index contributed by atoms with van der Waals surface area (Å²) in [6.07, 6.45) is 1.78. The second kappa shape index (κ2) is 4.73. The first-order valence-corrected chi connectivity index (χ1v) is 5.73. The molecule has 0 radical (unpaired) electrons. The summed E-state index contributed by atoms with van der Waals surface area (Å²) < 4.78 is 17.8. The molecule has 1 aromatic rings. The molecule has 0 N–H and O–H groups in total. The molecule has 0 fully saturated rings. The Kier molecular flexibility index (Phi) is 3.31. The van der Waals surface area contributed by atoms with Gasteiger partial charge in [0.1, 0.15) is 12.4 Å². The maximum atomic E-state index is 13.1. The van der Waals surface area contributed by atoms with Crippen LogP contribution < -0.4 is 4.90 Å². The summed E-state index contributed by atoms with van der Waals surface area (Å²) in [7, 11) is 1.38. The molecule has 17 heavy (non-hydrogen) atoms. The number of aryl methyl sites for hydroxylation is 1. The SMILES string of the molecule is COC(=O)CN1c2ccc(F)cc2CCC1C. The Labute approximate surface area is 100 Å². The molecule has 4 heteroatoms. The smallest absolute Gasteiger partial charge is 0.325 e. The first kappa shape index (κ1) is 11.9. The fourth-order valence-electron chi connectivity index (χ4n) is 2.24. The number of anilines is 1. The first-order chi connectivity index (χ1) is 8.11. The Morgan fingerprint density at radius 2 is 2.35 bits per heavy atom. The third kappa shape index (κ3) is 2.40. The van der Waals surface area contributed by atoms with Gasteiger partial charge in [0, 0.05) is 11.7 Å². The average Bonchev–Trinajstić information content (AvgIpc) is 2.32. The summed E-state index contributed by atoms with van der Waals surface area (Å²) >= 11 is 0. The maximum absolute atomic E-state index is 13.1. The highest BCUT2D eigenvalue weighted by molar-refractivity contribution is 5.76. The van der Waals surface area contributed by atoms with Gasteiger partial charge < -0.3 is 9.64 Å². The highest BCUT2D eigenvalue weighted by Gasteiger charge is 2.25. The van der Waals surface area contributed by atoms with Crippen LogP contribution >= 0.6 is 0 Å². The van der Waals surface area contributed by atoms with Gasteiger partial charge in [0.25, 0.3) is 0 Å². The largest absolute Gasteiger partial charge is 0.468 e. The molecular weight excluding hydrogens is 221 g/mol. The van der Waals surface area contributed by atoms with Gasteiger partial charge >= 0.3 is 5.97 Å². The van der Waals surface area contributed by atoms with Gasteiger partial charge in [-0.2, -0.15) is 0 Å². The lowest BCUT2D eigenvalue weighted by atomic mass is 9.96. The topological polar surface area (TPSA) is 29.5 Å². The lowest BCUT2D eigenvalue weighted by Crippen LogP contribution is -2.41. The van der Waals surface area contributed by atoms with E-state index in [1.54, 1.807) is 12.1 Å². The van der Waals surface area contributed by atoms with Gasteiger partial charge in [-0.05, 0) is 43.5 Å². The summed E-state index contributed by atoms with van der Waals surface area (Å²) in [4.78, 5) is 13.3. The molecule has 0 bridgehead atoms. The predicted molar refractivity (Wildman–Crippen MR) is 63.5 cm³/mol. The second-order valence-electron chi connectivity index (χ2n) is 4.36. The number of fused-ring (bicyclic) bond motifs is 1. The molecule has 1 aliphatic heterocycles. The number of esters is 1. The van der Waals surface area contributed by atoms with Crippen LogP contribution in [0, 0.1) is 5.82 Å². The minimum Gasteiger partial charge on any atom is -0.468 e. The number of carbonyl (C=O) groups is 1. The van der Waals surface area contributed by atoms with Crippen LogP contribution in [-0.4, -0.2) is 25.7 Å². The number of rotatable bonds is 2. The zero-order valence-electron chi connectivity index (χ0n) is 10.1. The third-order valence-electron chi connectivity index (χ3n) is 3.24. The van der Waals surface area contributed by atoms with E-state index in [1.807, 2.05) is 4.90 Å². The number of hydrogen-bond donors (Lipinski definition) is 0. The number of nitrogens with zero attached hydrogens (tertiary/aromatic N) is 1. The number of methoxy groups -OCH3 is 1. The van der Waals surface area contributed by atoms with Crippen molar-refractivity contribution in [1.29, 1.82) is 0 Å². The molecule has 1 heterocycles. The Balaban J connectivity index is 2.30. The van der Waals surface area contributed by atoms with Crippen molar-refractivity contribution < 1.29 is 13.9 Å². The lowest BCUT2D eigenvalue weighted by molar-refractivity contribution is -0.139. The number of ether oxygens (including phenoxy) is 1. The van der Waals surface area contributed by atoms with Crippen LogP contribution in [-0.2, 0) is 16.0 Å². The quantitative estimate of drug-likeness (QED) is 0.738. The molecule has 0 aromatic heterocycles. The van der Waals surface area contributed by atoms with Crippen molar-refractivity contribution in [2.45, 2.75) is 25.8 Å². The van der Waals surface area contributed by atoms with Crippen LogP contribution in [0.3, 0.4) is 0 Å². The first-order valence-electron chi connectivity index (χ1n) is 5.73. The minimum absolute atomic E-state index is 0.219. The summed E-state index contributed by atoms with van der Waals surface area (Å²) in [6.45, 7) is 2.28. The van der Waals surface area contributed by atoms with E-state index >= 15 is 0 Å².